The van der Waals surface area contributed by atoms with Crippen LogP contribution in [0, 0.1) is 5.92 Å². The third-order valence-corrected chi connectivity index (χ3v) is 6.08. The van der Waals surface area contributed by atoms with E-state index in [0.29, 0.717) is 31.1 Å². The van der Waals surface area contributed by atoms with Gasteiger partial charge in [0.15, 0.2) is 0 Å². The molecule has 1 atom stereocenters. The highest BCUT2D eigenvalue weighted by molar-refractivity contribution is 9.10. The fourth-order valence-electron chi connectivity index (χ4n) is 2.63. The number of hydrogen-bond donors (Lipinski definition) is 1. The first-order valence-electron chi connectivity index (χ1n) is 7.72. The largest absolute Gasteiger partial charge is 0.343 e. The summed E-state index contributed by atoms with van der Waals surface area (Å²) in [5.74, 6) is 1.28. The second kappa shape index (κ2) is 8.79. The molecule has 1 aromatic rings. The molecule has 0 saturated carbocycles. The van der Waals surface area contributed by atoms with Crippen LogP contribution in [0.2, 0.25) is 0 Å². The van der Waals surface area contributed by atoms with Gasteiger partial charge in [0, 0.05) is 34.6 Å². The molecule has 0 radical (unpaired) electrons. The molecule has 6 heteroatoms. The smallest absolute Gasteiger partial charge is 0.222 e. The number of benzene rings is 1. The lowest BCUT2D eigenvalue weighted by atomic mass is 9.97. The lowest BCUT2D eigenvalue weighted by Gasteiger charge is -2.31. The van der Waals surface area contributed by atoms with Crippen molar-refractivity contribution in [2.75, 3.05) is 25.4 Å². The van der Waals surface area contributed by atoms with E-state index in [4.69, 9.17) is 5.73 Å². The van der Waals surface area contributed by atoms with Crippen LogP contribution in [0.3, 0.4) is 0 Å². The number of nitrogens with two attached hydrogens (primary N) is 1. The number of piperidine rings is 1. The van der Waals surface area contributed by atoms with E-state index in [1.807, 2.05) is 29.2 Å². The van der Waals surface area contributed by atoms with Crippen molar-refractivity contribution in [3.05, 3.63) is 28.7 Å². The molecule has 1 amide bonds. The molecule has 1 heterocycles. The number of hydrogen-bond acceptors (Lipinski definition) is 3. The van der Waals surface area contributed by atoms with Gasteiger partial charge in [-0.25, -0.2) is 0 Å². The Kier molecular flexibility index (Phi) is 7.05. The first kappa shape index (κ1) is 17.6. The maximum absolute atomic E-state index is 12.2. The number of rotatable bonds is 6. The number of nitrogens with zero attached hydrogens (tertiary/aromatic N) is 1. The monoisotopic (exact) mass is 386 g/mol. The molecule has 0 spiro atoms. The van der Waals surface area contributed by atoms with Gasteiger partial charge in [-0.3, -0.25) is 9.00 Å². The van der Waals surface area contributed by atoms with E-state index in [2.05, 4.69) is 15.9 Å². The predicted octanol–water partition coefficient (Wildman–Crippen LogP) is 2.53. The molecule has 1 fully saturated rings. The van der Waals surface area contributed by atoms with E-state index < -0.39 is 10.8 Å². The molecule has 0 aliphatic carbocycles. The summed E-state index contributed by atoms with van der Waals surface area (Å²) in [5.41, 5.74) is 5.66. The lowest BCUT2D eigenvalue weighted by Crippen LogP contribution is -2.40. The fraction of sp³-hybridized carbons (Fsp3) is 0.562. The molecule has 1 aliphatic rings. The predicted molar refractivity (Wildman–Crippen MR) is 93.0 cm³/mol. The van der Waals surface area contributed by atoms with Gasteiger partial charge in [-0.05, 0) is 56.0 Å². The normalized spacial score (nSPS) is 17.5. The zero-order valence-electron chi connectivity index (χ0n) is 12.7. The highest BCUT2D eigenvalue weighted by atomic mass is 79.9. The molecule has 22 heavy (non-hydrogen) atoms. The molecule has 1 aliphatic heterocycles. The molecular formula is C16H23BrN2O2S. The summed E-state index contributed by atoms with van der Waals surface area (Å²) in [6, 6.07) is 7.50. The van der Waals surface area contributed by atoms with Gasteiger partial charge < -0.3 is 10.6 Å². The summed E-state index contributed by atoms with van der Waals surface area (Å²) in [7, 11) is -1.03. The zero-order valence-corrected chi connectivity index (χ0v) is 15.1. The fourth-order valence-corrected chi connectivity index (χ4v) is 3.98. The van der Waals surface area contributed by atoms with Gasteiger partial charge in [0.2, 0.25) is 5.91 Å². The quantitative estimate of drug-likeness (QED) is 0.816. The van der Waals surface area contributed by atoms with E-state index in [-0.39, 0.29) is 5.91 Å². The molecule has 122 valence electrons. The van der Waals surface area contributed by atoms with Gasteiger partial charge in [-0.1, -0.05) is 15.9 Å². The highest BCUT2D eigenvalue weighted by Gasteiger charge is 2.21. The Balaban J connectivity index is 1.71. The van der Waals surface area contributed by atoms with Crippen molar-refractivity contribution in [3.63, 3.8) is 0 Å². The van der Waals surface area contributed by atoms with Crippen LogP contribution >= 0.6 is 15.9 Å². The Morgan fingerprint density at radius 1 is 1.27 bits per heavy atom. The number of carbonyl (C=O) groups is 1. The van der Waals surface area contributed by atoms with Gasteiger partial charge in [-0.15, -0.1) is 0 Å². The topological polar surface area (TPSA) is 63.4 Å². The van der Waals surface area contributed by atoms with Crippen molar-refractivity contribution in [3.8, 4) is 0 Å². The third kappa shape index (κ3) is 5.18. The van der Waals surface area contributed by atoms with E-state index in [9.17, 15) is 9.00 Å². The minimum Gasteiger partial charge on any atom is -0.343 e. The van der Waals surface area contributed by atoms with Gasteiger partial charge in [0.1, 0.15) is 0 Å². The Bertz CT molecular complexity index is 513. The van der Waals surface area contributed by atoms with Crippen molar-refractivity contribution in [1.29, 1.82) is 0 Å². The minimum atomic E-state index is -1.03. The average molecular weight is 387 g/mol. The number of halogens is 1. The molecule has 1 aromatic carbocycles. The molecule has 0 bridgehead atoms. The van der Waals surface area contributed by atoms with Crippen LogP contribution in [-0.2, 0) is 15.6 Å². The van der Waals surface area contributed by atoms with Crippen molar-refractivity contribution >= 4 is 32.6 Å². The van der Waals surface area contributed by atoms with Crippen LogP contribution in [0.1, 0.15) is 25.7 Å². The Morgan fingerprint density at radius 3 is 2.50 bits per heavy atom. The summed E-state index contributed by atoms with van der Waals surface area (Å²) in [6.07, 6.45) is 3.16. The SMILES string of the molecule is NCC1CCN(C(=O)CCCS(=O)c2ccc(Br)cc2)CC1. The van der Waals surface area contributed by atoms with Crippen LogP contribution in [0.4, 0.5) is 0 Å². The molecule has 2 rings (SSSR count). The first-order chi connectivity index (χ1) is 10.6. The van der Waals surface area contributed by atoms with Gasteiger partial charge >= 0.3 is 0 Å². The second-order valence-corrected chi connectivity index (χ2v) is 8.15. The Hall–Kier alpha value is -0.720. The molecular weight excluding hydrogens is 364 g/mol. The highest BCUT2D eigenvalue weighted by Crippen LogP contribution is 2.17. The number of amides is 1. The molecule has 1 unspecified atom stereocenters. The zero-order chi connectivity index (χ0) is 15.9. The van der Waals surface area contributed by atoms with Crippen LogP contribution in [0.25, 0.3) is 0 Å². The summed E-state index contributed by atoms with van der Waals surface area (Å²) in [6.45, 7) is 2.35. The third-order valence-electron chi connectivity index (χ3n) is 4.10. The summed E-state index contributed by atoms with van der Waals surface area (Å²) >= 11 is 3.36. The van der Waals surface area contributed by atoms with Crippen molar-refractivity contribution in [1.82, 2.24) is 4.90 Å². The van der Waals surface area contributed by atoms with Crippen molar-refractivity contribution in [2.45, 2.75) is 30.6 Å². The van der Waals surface area contributed by atoms with E-state index in [1.165, 1.54) is 0 Å². The summed E-state index contributed by atoms with van der Waals surface area (Å²) < 4.78 is 13.1. The number of carbonyl (C=O) groups excluding carboxylic acids is 1. The molecule has 1 saturated heterocycles. The average Bonchev–Trinajstić information content (AvgIpc) is 2.55. The summed E-state index contributed by atoms with van der Waals surface area (Å²) in [5, 5.41) is 0. The van der Waals surface area contributed by atoms with Crippen LogP contribution in [-0.4, -0.2) is 40.4 Å². The van der Waals surface area contributed by atoms with Gasteiger partial charge in [-0.2, -0.15) is 0 Å². The van der Waals surface area contributed by atoms with Gasteiger partial charge in [0.05, 0.1) is 10.8 Å². The van der Waals surface area contributed by atoms with Crippen LogP contribution in [0.15, 0.2) is 33.6 Å². The van der Waals surface area contributed by atoms with Crippen LogP contribution in [0.5, 0.6) is 0 Å². The number of likely N-dealkylation sites (tertiary alicyclic amines) is 1. The molecule has 4 nitrogen and oxygen atoms in total. The minimum absolute atomic E-state index is 0.184. The van der Waals surface area contributed by atoms with E-state index in [1.54, 1.807) is 0 Å². The Labute approximate surface area is 143 Å². The summed E-state index contributed by atoms with van der Waals surface area (Å²) in [4.78, 5) is 14.9. The van der Waals surface area contributed by atoms with Crippen molar-refractivity contribution < 1.29 is 9.00 Å². The Morgan fingerprint density at radius 2 is 1.91 bits per heavy atom. The molecule has 2 N–H and O–H groups in total. The molecule has 0 aromatic heterocycles. The second-order valence-electron chi connectivity index (χ2n) is 5.67. The van der Waals surface area contributed by atoms with Crippen LogP contribution < -0.4 is 5.73 Å². The van der Waals surface area contributed by atoms with Gasteiger partial charge in [0.25, 0.3) is 0 Å². The first-order valence-corrected chi connectivity index (χ1v) is 9.83. The maximum Gasteiger partial charge on any atom is 0.222 e. The van der Waals surface area contributed by atoms with Crippen molar-refractivity contribution in [2.24, 2.45) is 11.7 Å². The van der Waals surface area contributed by atoms with E-state index in [0.717, 1.165) is 35.3 Å². The van der Waals surface area contributed by atoms with E-state index >= 15 is 0 Å². The maximum atomic E-state index is 12.2. The standard InChI is InChI=1S/C16H23BrN2O2S/c17-14-3-5-15(6-4-14)22(21)11-1-2-16(20)19-9-7-13(12-18)8-10-19/h3-6,13H,1-2,7-12,18H2. The lowest BCUT2D eigenvalue weighted by molar-refractivity contribution is -0.132.